The quantitative estimate of drug-likeness (QED) is 0.0182. The van der Waals surface area contributed by atoms with Gasteiger partial charge in [0.1, 0.15) is 42.3 Å². The first-order chi connectivity index (χ1) is 32.9. The van der Waals surface area contributed by atoms with E-state index in [0.29, 0.717) is 37.9 Å². The summed E-state index contributed by atoms with van der Waals surface area (Å²) in [6, 6.07) is -10.0. The number of amides is 8. The number of carbonyl (C=O) groups excluding carboxylic acids is 8. The van der Waals surface area contributed by atoms with Crippen molar-refractivity contribution in [1.29, 1.82) is 0 Å². The highest BCUT2D eigenvalue weighted by Crippen LogP contribution is 2.12. The van der Waals surface area contributed by atoms with E-state index in [-0.39, 0.29) is 44.1 Å². The van der Waals surface area contributed by atoms with Gasteiger partial charge in [-0.25, -0.2) is 9.78 Å². The number of imidazole rings is 1. The molecule has 0 aliphatic carbocycles. The van der Waals surface area contributed by atoms with Crippen molar-refractivity contribution in [1.82, 2.24) is 52.5 Å². The van der Waals surface area contributed by atoms with Crippen molar-refractivity contribution < 1.29 is 53.4 Å². The molecule has 70 heavy (non-hydrogen) atoms. The van der Waals surface area contributed by atoms with Gasteiger partial charge in [0, 0.05) is 24.9 Å². The number of carboxylic acids is 1. The Bertz CT molecular complexity index is 1900. The van der Waals surface area contributed by atoms with Crippen molar-refractivity contribution in [2.75, 3.05) is 19.6 Å². The van der Waals surface area contributed by atoms with Crippen molar-refractivity contribution in [2.24, 2.45) is 45.7 Å². The fourth-order valence-electron chi connectivity index (χ4n) is 6.78. The molecule has 0 bridgehead atoms. The molecule has 1 aromatic heterocycles. The zero-order chi connectivity index (χ0) is 53.2. The number of nitrogens with one attached hydrogen (secondary N) is 9. The summed E-state index contributed by atoms with van der Waals surface area (Å²) < 4.78 is 0. The normalized spacial score (nSPS) is 15.9. The number of aromatic amines is 1. The summed E-state index contributed by atoms with van der Waals surface area (Å²) in [6.07, 6.45) is 3.56. The minimum absolute atomic E-state index is 0.0348. The molecule has 26 nitrogen and oxygen atoms in total. The molecule has 26 heteroatoms. The number of hydrogen-bond donors (Lipinski definition) is 15. The minimum Gasteiger partial charge on any atom is -0.480 e. The van der Waals surface area contributed by atoms with Crippen LogP contribution in [0.1, 0.15) is 106 Å². The molecule has 1 rings (SSSR count). The SMILES string of the molecule is CC[C@H](C)[C@H](NC(=O)[C@H](CCCCN)NC(=O)CNC(=O)[C@@H](NC(=O)[C@H](CCCN=C(N)N)NC(=O)[C@@H](NC(=O)[C@H](C)NC(=O)[C@@H](NC(=O)[C@@H](N)Cc1cnc[nH]1)[C@@H](C)CC)C(C)C)[C@@H](C)O)C(=O)O. The molecule has 0 fully saturated rings. The second-order valence-electron chi connectivity index (χ2n) is 17.8. The van der Waals surface area contributed by atoms with Crippen LogP contribution in [0.5, 0.6) is 0 Å². The highest BCUT2D eigenvalue weighted by molar-refractivity contribution is 5.97. The van der Waals surface area contributed by atoms with E-state index in [1.165, 1.54) is 26.4 Å². The van der Waals surface area contributed by atoms with Crippen LogP contribution in [0.25, 0.3) is 0 Å². The molecule has 19 N–H and O–H groups in total. The van der Waals surface area contributed by atoms with Gasteiger partial charge in [-0.05, 0) is 70.3 Å². The molecular weight excluding hydrogens is 915 g/mol. The summed E-state index contributed by atoms with van der Waals surface area (Å²) in [5.41, 5.74) is 23.2. The Balaban J connectivity index is 3.17. The average molecular weight is 994 g/mol. The zero-order valence-corrected chi connectivity index (χ0v) is 41.6. The molecule has 0 aliphatic rings. The molecule has 1 heterocycles. The van der Waals surface area contributed by atoms with E-state index < -0.39 is 126 Å². The Morgan fingerprint density at radius 3 is 1.74 bits per heavy atom. The molecule has 0 saturated carbocycles. The number of nitrogens with zero attached hydrogens (tertiary/aromatic N) is 2. The number of H-pyrrole nitrogens is 1. The number of hydrogen-bond acceptors (Lipinski definition) is 14. The maximum Gasteiger partial charge on any atom is 0.326 e. The summed E-state index contributed by atoms with van der Waals surface area (Å²) in [7, 11) is 0. The number of aromatic nitrogens is 2. The molecule has 0 aromatic carbocycles. The van der Waals surface area contributed by atoms with E-state index in [9.17, 15) is 53.4 Å². The smallest absolute Gasteiger partial charge is 0.326 e. The topological polar surface area (TPSA) is 435 Å². The van der Waals surface area contributed by atoms with Crippen molar-refractivity contribution in [3.05, 3.63) is 18.2 Å². The van der Waals surface area contributed by atoms with Crippen LogP contribution < -0.4 is 65.5 Å². The molecule has 11 atom stereocenters. The van der Waals surface area contributed by atoms with Crippen molar-refractivity contribution in [2.45, 2.75) is 161 Å². The van der Waals surface area contributed by atoms with Gasteiger partial charge in [0.05, 0.1) is 25.0 Å². The molecule has 0 aliphatic heterocycles. The standard InChI is InChI=1S/C44H79N15O11/c1-9-23(5)33(57-37(63)28(46)18-27-19-49-21-52-27)42(68)53-25(7)36(62)56-32(22(3)4)41(67)55-30(15-13-17-50-44(47)48)39(65)59-35(26(8)60)40(66)51-20-31(61)54-29(14-11-12-16-45)38(64)58-34(43(69)70)24(6)10-2/h19,21-26,28-30,32-35,60H,9-18,20,45-46H2,1-8H3,(H,49,52)(H,51,66)(H,53,68)(H,54,61)(H,55,67)(H,56,62)(H,57,63)(H,58,64)(H,59,65)(H,69,70)(H4,47,48,50)/t23-,24-,25-,26+,28-,29-,30-,32-,33-,34-,35-/m0/s1. The van der Waals surface area contributed by atoms with Crippen molar-refractivity contribution in [3.8, 4) is 0 Å². The van der Waals surface area contributed by atoms with Gasteiger partial charge in [0.15, 0.2) is 5.96 Å². The summed E-state index contributed by atoms with van der Waals surface area (Å²) in [6.45, 7) is 12.5. The van der Waals surface area contributed by atoms with Gasteiger partial charge < -0.3 is 80.7 Å². The van der Waals surface area contributed by atoms with Gasteiger partial charge in [0.25, 0.3) is 0 Å². The largest absolute Gasteiger partial charge is 0.480 e. The van der Waals surface area contributed by atoms with E-state index in [2.05, 4.69) is 57.5 Å². The van der Waals surface area contributed by atoms with Gasteiger partial charge in [-0.3, -0.25) is 43.3 Å². The first kappa shape index (κ1) is 61.6. The summed E-state index contributed by atoms with van der Waals surface area (Å²) >= 11 is 0. The highest BCUT2D eigenvalue weighted by Gasteiger charge is 2.35. The molecule has 1 aromatic rings. The first-order valence-corrected chi connectivity index (χ1v) is 23.7. The average Bonchev–Trinajstić information content (AvgIpc) is 3.82. The minimum atomic E-state index is -1.67. The Kier molecular flexibility index (Phi) is 27.9. The van der Waals surface area contributed by atoms with Crippen LogP contribution in [0.3, 0.4) is 0 Å². The number of unbranched alkanes of at least 4 members (excludes halogenated alkanes) is 1. The lowest BCUT2D eigenvalue weighted by molar-refractivity contribution is -0.143. The Hall–Kier alpha value is -6.41. The first-order valence-electron chi connectivity index (χ1n) is 23.7. The Morgan fingerprint density at radius 2 is 1.21 bits per heavy atom. The van der Waals surface area contributed by atoms with E-state index in [4.69, 9.17) is 22.9 Å². The van der Waals surface area contributed by atoms with E-state index in [1.54, 1.807) is 34.6 Å². The number of guanidine groups is 1. The molecule has 0 unspecified atom stereocenters. The molecular formula is C44H79N15O11. The van der Waals surface area contributed by atoms with Crippen molar-refractivity contribution >= 4 is 59.2 Å². The fraction of sp³-hybridized carbons (Fsp3) is 0.705. The van der Waals surface area contributed by atoms with Gasteiger partial charge in [0.2, 0.25) is 47.3 Å². The van der Waals surface area contributed by atoms with Crippen LogP contribution in [0.15, 0.2) is 17.5 Å². The van der Waals surface area contributed by atoms with Crippen LogP contribution in [0, 0.1) is 17.8 Å². The monoisotopic (exact) mass is 994 g/mol. The van der Waals surface area contributed by atoms with E-state index >= 15 is 0 Å². The third-order valence-electron chi connectivity index (χ3n) is 11.6. The van der Waals surface area contributed by atoms with E-state index in [0.717, 1.165) is 0 Å². The highest BCUT2D eigenvalue weighted by atomic mass is 16.4. The van der Waals surface area contributed by atoms with Gasteiger partial charge in [-0.1, -0.05) is 54.4 Å². The van der Waals surface area contributed by atoms with Gasteiger partial charge >= 0.3 is 5.97 Å². The van der Waals surface area contributed by atoms with Crippen LogP contribution in [0.4, 0.5) is 0 Å². The number of carbonyl (C=O) groups is 9. The third-order valence-corrected chi connectivity index (χ3v) is 11.6. The number of rotatable bonds is 33. The lowest BCUT2D eigenvalue weighted by Gasteiger charge is -2.29. The van der Waals surface area contributed by atoms with E-state index in [1.807, 2.05) is 6.92 Å². The molecule has 8 amide bonds. The predicted octanol–water partition coefficient (Wildman–Crippen LogP) is -3.79. The number of aliphatic carboxylic acids is 1. The Morgan fingerprint density at radius 1 is 0.671 bits per heavy atom. The number of aliphatic imine (C=N–C) groups is 1. The summed E-state index contributed by atoms with van der Waals surface area (Å²) in [5, 5.41) is 40.4. The third kappa shape index (κ3) is 21.9. The summed E-state index contributed by atoms with van der Waals surface area (Å²) in [4.78, 5) is 130. The van der Waals surface area contributed by atoms with Gasteiger partial charge in [-0.2, -0.15) is 0 Å². The van der Waals surface area contributed by atoms with Gasteiger partial charge in [-0.15, -0.1) is 0 Å². The fourth-order valence-corrected chi connectivity index (χ4v) is 6.78. The van der Waals surface area contributed by atoms with Crippen molar-refractivity contribution in [3.63, 3.8) is 0 Å². The second-order valence-corrected chi connectivity index (χ2v) is 17.8. The van der Waals surface area contributed by atoms with Crippen LogP contribution in [-0.4, -0.2) is 153 Å². The van der Waals surface area contributed by atoms with Crippen LogP contribution >= 0.6 is 0 Å². The second kappa shape index (κ2) is 31.7. The predicted molar refractivity (Wildman–Crippen MR) is 258 cm³/mol. The number of carboxylic acid groups (broad SMARTS) is 1. The number of nitrogens with two attached hydrogens (primary N) is 4. The lowest BCUT2D eigenvalue weighted by atomic mass is 9.97. The van der Waals surface area contributed by atoms with Crippen LogP contribution in [-0.2, 0) is 49.6 Å². The maximum absolute atomic E-state index is 13.9. The number of aliphatic hydroxyl groups is 1. The maximum atomic E-state index is 13.9. The zero-order valence-electron chi connectivity index (χ0n) is 41.6. The Labute approximate surface area is 409 Å². The molecule has 0 saturated heterocycles. The summed E-state index contributed by atoms with van der Waals surface area (Å²) in [5.74, 6) is -9.23. The molecule has 0 spiro atoms. The molecule has 396 valence electrons. The lowest BCUT2D eigenvalue weighted by Crippen LogP contribution is -2.61. The molecule has 0 radical (unpaired) electrons. The number of aliphatic hydroxyl groups excluding tert-OH is 1. The van der Waals surface area contributed by atoms with Crippen LogP contribution in [0.2, 0.25) is 0 Å².